The lowest BCUT2D eigenvalue weighted by atomic mass is 10.1. The molecule has 0 aromatic heterocycles. The molecule has 1 saturated carbocycles. The minimum Gasteiger partial charge on any atom is -0.319 e. The number of hydrogen-bond acceptors (Lipinski definition) is 2. The molecule has 1 aliphatic heterocycles. The van der Waals surface area contributed by atoms with Gasteiger partial charge in [0.15, 0.2) is 11.6 Å². The Morgan fingerprint density at radius 3 is 2.75 bits per heavy atom. The monoisotopic (exact) mass is 280 g/mol. The summed E-state index contributed by atoms with van der Waals surface area (Å²) in [5.74, 6) is -1.01. The molecule has 1 aromatic carbocycles. The summed E-state index contributed by atoms with van der Waals surface area (Å²) in [4.78, 5) is 13.8. The van der Waals surface area contributed by atoms with Crippen LogP contribution in [0, 0.1) is 17.6 Å². The highest BCUT2D eigenvalue weighted by atomic mass is 19.2. The number of halogens is 2. The maximum Gasteiger partial charge on any atom is 0.238 e. The van der Waals surface area contributed by atoms with Gasteiger partial charge in [0.1, 0.15) is 6.17 Å². The average molecular weight is 280 g/mol. The van der Waals surface area contributed by atoms with Crippen LogP contribution in [0.4, 0.5) is 8.78 Å². The first-order chi connectivity index (χ1) is 9.56. The molecule has 5 heteroatoms. The molecule has 3 nitrogen and oxygen atoms in total. The standard InChI is InChI=1S/C15H18F2N2O/c1-9(6-10-2-3-10)19-14(20)8-18-15(19)11-4-5-12(16)13(17)7-11/h4-5,7,9-10,15,18H,2-3,6,8H2,1H3. The SMILES string of the molecule is CC(CC1CC1)N1C(=O)CNC1c1ccc(F)c(F)c1. The summed E-state index contributed by atoms with van der Waals surface area (Å²) in [6, 6.07) is 3.93. The highest BCUT2D eigenvalue weighted by molar-refractivity contribution is 5.81. The van der Waals surface area contributed by atoms with Gasteiger partial charge in [0.2, 0.25) is 5.91 Å². The van der Waals surface area contributed by atoms with Crippen LogP contribution < -0.4 is 5.32 Å². The Labute approximate surface area is 117 Å². The van der Waals surface area contributed by atoms with Gasteiger partial charge in [0.25, 0.3) is 0 Å². The lowest BCUT2D eigenvalue weighted by Crippen LogP contribution is -2.38. The molecule has 0 spiro atoms. The van der Waals surface area contributed by atoms with Crippen LogP contribution in [0.15, 0.2) is 18.2 Å². The van der Waals surface area contributed by atoms with Gasteiger partial charge in [-0.15, -0.1) is 0 Å². The summed E-state index contributed by atoms with van der Waals surface area (Å²) >= 11 is 0. The maximum atomic E-state index is 13.4. The second kappa shape index (κ2) is 5.13. The molecular weight excluding hydrogens is 262 g/mol. The van der Waals surface area contributed by atoms with Crippen LogP contribution in [-0.4, -0.2) is 23.4 Å². The Balaban J connectivity index is 1.82. The molecule has 108 valence electrons. The fourth-order valence-electron chi connectivity index (χ4n) is 2.93. The van der Waals surface area contributed by atoms with Crippen LogP contribution in [0.25, 0.3) is 0 Å². The molecule has 1 aromatic rings. The number of nitrogens with zero attached hydrogens (tertiary/aromatic N) is 1. The van der Waals surface area contributed by atoms with E-state index in [1.165, 1.54) is 25.0 Å². The van der Waals surface area contributed by atoms with Gasteiger partial charge in [-0.1, -0.05) is 18.9 Å². The minimum atomic E-state index is -0.876. The minimum absolute atomic E-state index is 0.0212. The Morgan fingerprint density at radius 2 is 2.10 bits per heavy atom. The Morgan fingerprint density at radius 1 is 1.35 bits per heavy atom. The summed E-state index contributed by atoms with van der Waals surface area (Å²) in [6.07, 6.45) is 3.09. The van der Waals surface area contributed by atoms with Crippen molar-refractivity contribution in [3.05, 3.63) is 35.4 Å². The molecule has 0 bridgehead atoms. The number of rotatable bonds is 4. The second-order valence-corrected chi connectivity index (χ2v) is 5.79. The molecule has 20 heavy (non-hydrogen) atoms. The Kier molecular flexibility index (Phi) is 3.46. The van der Waals surface area contributed by atoms with Crippen LogP contribution in [0.3, 0.4) is 0 Å². The molecule has 1 aliphatic carbocycles. The zero-order valence-corrected chi connectivity index (χ0v) is 11.4. The Bertz CT molecular complexity index is 531. The van der Waals surface area contributed by atoms with Crippen molar-refractivity contribution in [2.45, 2.75) is 38.4 Å². The van der Waals surface area contributed by atoms with Gasteiger partial charge >= 0.3 is 0 Å². The topological polar surface area (TPSA) is 32.3 Å². The largest absolute Gasteiger partial charge is 0.319 e. The van der Waals surface area contributed by atoms with E-state index in [2.05, 4.69) is 5.32 Å². The summed E-state index contributed by atoms with van der Waals surface area (Å²) in [5.41, 5.74) is 0.595. The van der Waals surface area contributed by atoms with Crippen LogP contribution in [0.1, 0.15) is 37.9 Å². The third kappa shape index (κ3) is 2.54. The number of hydrogen-bond donors (Lipinski definition) is 1. The summed E-state index contributed by atoms with van der Waals surface area (Å²) in [7, 11) is 0. The first kappa shape index (κ1) is 13.5. The van der Waals surface area contributed by atoms with E-state index in [-0.39, 0.29) is 24.7 Å². The van der Waals surface area contributed by atoms with Crippen molar-refractivity contribution < 1.29 is 13.6 Å². The van der Waals surface area contributed by atoms with E-state index >= 15 is 0 Å². The van der Waals surface area contributed by atoms with E-state index in [4.69, 9.17) is 0 Å². The molecule has 1 saturated heterocycles. The van der Waals surface area contributed by atoms with Crippen molar-refractivity contribution in [1.29, 1.82) is 0 Å². The highest BCUT2D eigenvalue weighted by Gasteiger charge is 2.37. The fraction of sp³-hybridized carbons (Fsp3) is 0.533. The van der Waals surface area contributed by atoms with Gasteiger partial charge in [-0.05, 0) is 37.0 Å². The number of benzene rings is 1. The number of carbonyl (C=O) groups excluding carboxylic acids is 1. The number of carbonyl (C=O) groups is 1. The van der Waals surface area contributed by atoms with Gasteiger partial charge in [0, 0.05) is 6.04 Å². The molecular formula is C15H18F2N2O. The predicted octanol–water partition coefficient (Wildman–Crippen LogP) is 2.58. The molecule has 3 rings (SSSR count). The first-order valence-electron chi connectivity index (χ1n) is 7.05. The van der Waals surface area contributed by atoms with E-state index in [1.807, 2.05) is 6.92 Å². The molecule has 2 fully saturated rings. The van der Waals surface area contributed by atoms with Crippen molar-refractivity contribution >= 4 is 5.91 Å². The third-order valence-electron chi connectivity index (χ3n) is 4.12. The van der Waals surface area contributed by atoms with Crippen LogP contribution in [-0.2, 0) is 4.79 Å². The van der Waals surface area contributed by atoms with Gasteiger partial charge in [0.05, 0.1) is 6.54 Å². The zero-order valence-electron chi connectivity index (χ0n) is 11.4. The quantitative estimate of drug-likeness (QED) is 0.919. The lowest BCUT2D eigenvalue weighted by Gasteiger charge is -2.31. The molecule has 2 atom stereocenters. The maximum absolute atomic E-state index is 13.4. The van der Waals surface area contributed by atoms with Gasteiger partial charge in [-0.3, -0.25) is 10.1 Å². The van der Waals surface area contributed by atoms with Gasteiger partial charge in [-0.25, -0.2) is 8.78 Å². The summed E-state index contributed by atoms with van der Waals surface area (Å²) < 4.78 is 26.4. The normalized spacial score (nSPS) is 24.2. The van der Waals surface area contributed by atoms with Crippen molar-refractivity contribution in [2.24, 2.45) is 5.92 Å². The molecule has 0 radical (unpaired) electrons. The van der Waals surface area contributed by atoms with E-state index < -0.39 is 11.6 Å². The molecule has 2 unspecified atom stereocenters. The highest BCUT2D eigenvalue weighted by Crippen LogP contribution is 2.37. The van der Waals surface area contributed by atoms with Gasteiger partial charge < -0.3 is 4.90 Å². The van der Waals surface area contributed by atoms with Crippen LogP contribution in [0.2, 0.25) is 0 Å². The van der Waals surface area contributed by atoms with Crippen molar-refractivity contribution in [3.63, 3.8) is 0 Å². The molecule has 2 aliphatic rings. The van der Waals surface area contributed by atoms with E-state index in [1.54, 1.807) is 4.90 Å². The molecule has 1 N–H and O–H groups in total. The fourth-order valence-corrected chi connectivity index (χ4v) is 2.93. The first-order valence-corrected chi connectivity index (χ1v) is 7.05. The van der Waals surface area contributed by atoms with E-state index in [0.717, 1.165) is 12.5 Å². The van der Waals surface area contributed by atoms with E-state index in [0.29, 0.717) is 11.5 Å². The molecule has 1 heterocycles. The molecule has 1 amide bonds. The van der Waals surface area contributed by atoms with Crippen LogP contribution >= 0.6 is 0 Å². The number of amides is 1. The summed E-state index contributed by atoms with van der Waals surface area (Å²) in [5, 5.41) is 3.08. The Hall–Kier alpha value is -1.49. The van der Waals surface area contributed by atoms with Gasteiger partial charge in [-0.2, -0.15) is 0 Å². The number of nitrogens with one attached hydrogen (secondary N) is 1. The summed E-state index contributed by atoms with van der Waals surface area (Å²) in [6.45, 7) is 2.27. The third-order valence-corrected chi connectivity index (χ3v) is 4.12. The zero-order chi connectivity index (χ0) is 14.3. The van der Waals surface area contributed by atoms with Crippen LogP contribution in [0.5, 0.6) is 0 Å². The van der Waals surface area contributed by atoms with Crippen molar-refractivity contribution in [3.8, 4) is 0 Å². The van der Waals surface area contributed by atoms with Crippen molar-refractivity contribution in [1.82, 2.24) is 10.2 Å². The van der Waals surface area contributed by atoms with E-state index in [9.17, 15) is 13.6 Å². The average Bonchev–Trinajstić information content (AvgIpc) is 3.13. The smallest absolute Gasteiger partial charge is 0.238 e. The lowest BCUT2D eigenvalue weighted by molar-refractivity contribution is -0.130. The predicted molar refractivity (Wildman–Crippen MR) is 70.8 cm³/mol. The van der Waals surface area contributed by atoms with Crippen molar-refractivity contribution in [2.75, 3.05) is 6.54 Å². The second-order valence-electron chi connectivity index (χ2n) is 5.79.